The zero-order valence-corrected chi connectivity index (χ0v) is 13.9. The Morgan fingerprint density at radius 3 is 2.35 bits per heavy atom. The minimum Gasteiger partial charge on any atom is -0.393 e. The van der Waals surface area contributed by atoms with Crippen molar-refractivity contribution in [2.45, 2.75) is 110 Å². The molecule has 0 aromatic heterocycles. The first-order valence-corrected chi connectivity index (χ1v) is 8.97. The van der Waals surface area contributed by atoms with Gasteiger partial charge in [0.25, 0.3) is 0 Å². The molecule has 0 unspecified atom stereocenters. The Morgan fingerprint density at radius 2 is 1.75 bits per heavy atom. The summed E-state index contributed by atoms with van der Waals surface area (Å²) in [7, 11) is 0. The summed E-state index contributed by atoms with van der Waals surface area (Å²) in [4.78, 5) is 0. The van der Waals surface area contributed by atoms with Crippen molar-refractivity contribution in [3.8, 4) is 0 Å². The first-order chi connectivity index (χ1) is 9.63. The maximum atomic E-state index is 9.51. The van der Waals surface area contributed by atoms with E-state index in [0.29, 0.717) is 6.10 Å². The van der Waals surface area contributed by atoms with E-state index in [-0.39, 0.29) is 12.2 Å². The maximum Gasteiger partial charge on any atom is 0.0606 e. The summed E-state index contributed by atoms with van der Waals surface area (Å²) >= 11 is 0. The van der Waals surface area contributed by atoms with Crippen LogP contribution in [-0.4, -0.2) is 23.4 Å². The second kappa shape index (κ2) is 10.6. The number of aliphatic hydroxyl groups excluding tert-OH is 1. The maximum absolute atomic E-state index is 9.51. The fourth-order valence-corrected chi connectivity index (χ4v) is 3.53. The molecule has 0 aromatic rings. The van der Waals surface area contributed by atoms with E-state index in [9.17, 15) is 5.11 Å². The molecule has 1 saturated carbocycles. The van der Waals surface area contributed by atoms with Gasteiger partial charge >= 0.3 is 0 Å². The zero-order valence-electron chi connectivity index (χ0n) is 13.9. The van der Waals surface area contributed by atoms with Gasteiger partial charge in [-0.3, -0.25) is 0 Å². The minimum atomic E-state index is -0.253. The molecule has 0 saturated heterocycles. The van der Waals surface area contributed by atoms with Crippen molar-refractivity contribution in [2.75, 3.05) is 0 Å². The highest BCUT2D eigenvalue weighted by molar-refractivity contribution is 4.76. The van der Waals surface area contributed by atoms with Gasteiger partial charge in [-0.15, -0.1) is 0 Å². The van der Waals surface area contributed by atoms with Crippen LogP contribution >= 0.6 is 0 Å². The van der Waals surface area contributed by atoms with Crippen LogP contribution in [0.15, 0.2) is 0 Å². The Hall–Kier alpha value is -0.0800. The number of rotatable bonds is 10. The third kappa shape index (κ3) is 7.64. The predicted octanol–water partition coefficient (Wildman–Crippen LogP) is 5.08. The highest BCUT2D eigenvalue weighted by atomic mass is 16.5. The summed E-state index contributed by atoms with van der Waals surface area (Å²) in [5, 5.41) is 9.51. The van der Waals surface area contributed by atoms with E-state index >= 15 is 0 Å². The summed E-state index contributed by atoms with van der Waals surface area (Å²) in [5.41, 5.74) is 0. The van der Waals surface area contributed by atoms with Gasteiger partial charge in [-0.05, 0) is 45.4 Å². The van der Waals surface area contributed by atoms with Crippen molar-refractivity contribution in [1.82, 2.24) is 0 Å². The first kappa shape index (κ1) is 18.0. The monoisotopic (exact) mass is 284 g/mol. The minimum absolute atomic E-state index is 0.188. The van der Waals surface area contributed by atoms with Gasteiger partial charge in [0, 0.05) is 0 Å². The molecule has 1 rings (SSSR count). The van der Waals surface area contributed by atoms with Crippen molar-refractivity contribution >= 4 is 0 Å². The van der Waals surface area contributed by atoms with Crippen molar-refractivity contribution in [3.05, 3.63) is 0 Å². The van der Waals surface area contributed by atoms with Gasteiger partial charge in [-0.1, -0.05) is 51.9 Å². The molecule has 1 N–H and O–H groups in total. The number of hydrogen-bond acceptors (Lipinski definition) is 2. The van der Waals surface area contributed by atoms with Gasteiger partial charge in [-0.2, -0.15) is 0 Å². The van der Waals surface area contributed by atoms with E-state index in [1.165, 1.54) is 64.2 Å². The predicted molar refractivity (Wildman–Crippen MR) is 86.0 cm³/mol. The zero-order chi connectivity index (χ0) is 14.8. The lowest BCUT2D eigenvalue weighted by molar-refractivity contribution is -0.0623. The number of aliphatic hydroxyl groups is 1. The van der Waals surface area contributed by atoms with Gasteiger partial charge in [0.05, 0.1) is 18.3 Å². The molecule has 0 amide bonds. The van der Waals surface area contributed by atoms with Crippen LogP contribution in [0, 0.1) is 5.92 Å². The Kier molecular flexibility index (Phi) is 9.54. The molecule has 0 spiro atoms. The highest BCUT2D eigenvalue weighted by Crippen LogP contribution is 2.31. The standard InChI is InChI=1S/C18H36O2/c1-4-5-6-10-13-18(17-11-8-7-9-12-17)20-16(3)14-15(2)19/h15-19H,4-14H2,1-3H3/t15-,16-,18-/m1/s1. The summed E-state index contributed by atoms with van der Waals surface area (Å²) in [6.07, 6.45) is 14.5. The average molecular weight is 284 g/mol. The van der Waals surface area contributed by atoms with E-state index in [4.69, 9.17) is 4.74 Å². The summed E-state index contributed by atoms with van der Waals surface area (Å²) in [6.45, 7) is 6.24. The Morgan fingerprint density at radius 1 is 1.05 bits per heavy atom. The molecule has 0 heterocycles. The molecule has 2 heteroatoms. The quantitative estimate of drug-likeness (QED) is 0.567. The normalized spacial score (nSPS) is 21.6. The molecule has 20 heavy (non-hydrogen) atoms. The van der Waals surface area contributed by atoms with Crippen molar-refractivity contribution in [3.63, 3.8) is 0 Å². The lowest BCUT2D eigenvalue weighted by atomic mass is 9.83. The third-order valence-electron chi connectivity index (χ3n) is 4.60. The molecule has 0 bridgehead atoms. The molecule has 120 valence electrons. The molecule has 0 aromatic carbocycles. The van der Waals surface area contributed by atoms with Crippen LogP contribution in [0.5, 0.6) is 0 Å². The van der Waals surface area contributed by atoms with Gasteiger partial charge in [0.1, 0.15) is 0 Å². The van der Waals surface area contributed by atoms with Crippen LogP contribution in [0.2, 0.25) is 0 Å². The molecule has 2 nitrogen and oxygen atoms in total. The molecule has 1 fully saturated rings. The van der Waals surface area contributed by atoms with E-state index in [1.807, 2.05) is 6.92 Å². The van der Waals surface area contributed by atoms with E-state index in [0.717, 1.165) is 12.3 Å². The second-order valence-corrected chi connectivity index (χ2v) is 6.82. The molecular weight excluding hydrogens is 248 g/mol. The lowest BCUT2D eigenvalue weighted by Crippen LogP contribution is -2.31. The SMILES string of the molecule is CCCCCC[C@@H](O[C@H](C)C[C@@H](C)O)C1CCCCC1. The van der Waals surface area contributed by atoms with Crippen molar-refractivity contribution in [2.24, 2.45) is 5.92 Å². The molecule has 0 radical (unpaired) electrons. The van der Waals surface area contributed by atoms with Crippen LogP contribution in [0.1, 0.15) is 91.4 Å². The topological polar surface area (TPSA) is 29.5 Å². The van der Waals surface area contributed by atoms with Gasteiger partial charge in [0.2, 0.25) is 0 Å². The Bertz CT molecular complexity index is 221. The van der Waals surface area contributed by atoms with Crippen molar-refractivity contribution < 1.29 is 9.84 Å². The molecule has 1 aliphatic rings. The number of ether oxygens (including phenoxy) is 1. The van der Waals surface area contributed by atoms with E-state index in [2.05, 4.69) is 13.8 Å². The lowest BCUT2D eigenvalue weighted by Gasteiger charge is -2.33. The van der Waals surface area contributed by atoms with E-state index < -0.39 is 0 Å². The summed E-state index contributed by atoms with van der Waals surface area (Å²) in [6, 6.07) is 0. The van der Waals surface area contributed by atoms with E-state index in [1.54, 1.807) is 0 Å². The van der Waals surface area contributed by atoms with Crippen LogP contribution < -0.4 is 0 Å². The van der Waals surface area contributed by atoms with Crippen LogP contribution in [-0.2, 0) is 4.74 Å². The van der Waals surface area contributed by atoms with Gasteiger partial charge in [0.15, 0.2) is 0 Å². The third-order valence-corrected chi connectivity index (χ3v) is 4.60. The molecule has 1 aliphatic carbocycles. The fraction of sp³-hybridized carbons (Fsp3) is 1.00. The summed E-state index contributed by atoms with van der Waals surface area (Å²) in [5.74, 6) is 0.766. The largest absolute Gasteiger partial charge is 0.393 e. The molecule has 0 aliphatic heterocycles. The molecular formula is C18H36O2. The molecule has 3 atom stereocenters. The van der Waals surface area contributed by atoms with Gasteiger partial charge in [-0.25, -0.2) is 0 Å². The van der Waals surface area contributed by atoms with Crippen LogP contribution in [0.3, 0.4) is 0 Å². The number of unbranched alkanes of at least 4 members (excludes halogenated alkanes) is 3. The first-order valence-electron chi connectivity index (χ1n) is 8.97. The highest BCUT2D eigenvalue weighted by Gasteiger charge is 2.25. The number of hydrogen-bond donors (Lipinski definition) is 1. The fourth-order valence-electron chi connectivity index (χ4n) is 3.53. The van der Waals surface area contributed by atoms with Gasteiger partial charge < -0.3 is 9.84 Å². The Balaban J connectivity index is 2.40. The smallest absolute Gasteiger partial charge is 0.0606 e. The Labute approximate surface area is 126 Å². The summed E-state index contributed by atoms with van der Waals surface area (Å²) < 4.78 is 6.32. The van der Waals surface area contributed by atoms with Crippen LogP contribution in [0.4, 0.5) is 0 Å². The van der Waals surface area contributed by atoms with Crippen molar-refractivity contribution in [1.29, 1.82) is 0 Å². The second-order valence-electron chi connectivity index (χ2n) is 6.82. The van der Waals surface area contributed by atoms with Crippen LogP contribution in [0.25, 0.3) is 0 Å². The average Bonchev–Trinajstić information content (AvgIpc) is 2.42.